The topological polar surface area (TPSA) is 12.0 Å². The first-order valence-corrected chi connectivity index (χ1v) is 7.82. The average Bonchev–Trinajstić information content (AvgIpc) is 2.46. The Morgan fingerprint density at radius 3 is 2.68 bits per heavy atom. The maximum Gasteiger partial charge on any atom is 0.0233 e. The molecule has 0 saturated carbocycles. The van der Waals surface area contributed by atoms with Gasteiger partial charge in [0, 0.05) is 12.0 Å². The van der Waals surface area contributed by atoms with Crippen LogP contribution >= 0.6 is 0 Å². The molecular weight excluding hydrogens is 266 g/mol. The molecule has 1 heteroatoms. The summed E-state index contributed by atoms with van der Waals surface area (Å²) in [6.07, 6.45) is 5.03. The number of hydrogen-bond acceptors (Lipinski definition) is 1. The Morgan fingerprint density at radius 2 is 1.95 bits per heavy atom. The Hall–Kier alpha value is -2.04. The summed E-state index contributed by atoms with van der Waals surface area (Å²) in [6.45, 7) is 7.27. The van der Waals surface area contributed by atoms with E-state index < -0.39 is 0 Å². The lowest BCUT2D eigenvalue weighted by atomic mass is 9.98. The fourth-order valence-corrected chi connectivity index (χ4v) is 2.37. The number of nitrogens with one attached hydrogen (secondary N) is 1. The van der Waals surface area contributed by atoms with Crippen LogP contribution in [0.2, 0.25) is 0 Å². The third-order valence-corrected chi connectivity index (χ3v) is 3.41. The van der Waals surface area contributed by atoms with Crippen LogP contribution in [-0.2, 0) is 13.0 Å². The Labute approximate surface area is 134 Å². The van der Waals surface area contributed by atoms with E-state index in [9.17, 15) is 0 Å². The summed E-state index contributed by atoms with van der Waals surface area (Å²) >= 11 is 0. The number of allylic oxidation sites excluding steroid dienone is 2. The average molecular weight is 291 g/mol. The SMILES string of the molecule is CNCc1cccc2ccc(C/C=C/C#CC(C)(C)C)cc12. The van der Waals surface area contributed by atoms with Crippen molar-refractivity contribution in [1.82, 2.24) is 5.32 Å². The molecule has 0 aromatic heterocycles. The molecule has 0 radical (unpaired) electrons. The third-order valence-electron chi connectivity index (χ3n) is 3.41. The monoisotopic (exact) mass is 291 g/mol. The highest BCUT2D eigenvalue weighted by Gasteiger charge is 2.02. The van der Waals surface area contributed by atoms with Gasteiger partial charge in [-0.25, -0.2) is 0 Å². The van der Waals surface area contributed by atoms with Crippen LogP contribution in [0.5, 0.6) is 0 Å². The Bertz CT molecular complexity index is 721. The smallest absolute Gasteiger partial charge is 0.0233 e. The molecule has 2 rings (SSSR count). The van der Waals surface area contributed by atoms with E-state index in [0.29, 0.717) is 0 Å². The molecule has 22 heavy (non-hydrogen) atoms. The first-order valence-electron chi connectivity index (χ1n) is 7.82. The fraction of sp³-hybridized carbons (Fsp3) is 0.333. The van der Waals surface area contributed by atoms with E-state index in [2.05, 4.69) is 80.4 Å². The van der Waals surface area contributed by atoms with Gasteiger partial charge in [0.25, 0.3) is 0 Å². The molecule has 0 unspecified atom stereocenters. The molecule has 0 aliphatic heterocycles. The van der Waals surface area contributed by atoms with Crippen LogP contribution in [0.3, 0.4) is 0 Å². The van der Waals surface area contributed by atoms with E-state index >= 15 is 0 Å². The van der Waals surface area contributed by atoms with Crippen molar-refractivity contribution in [3.63, 3.8) is 0 Å². The van der Waals surface area contributed by atoms with Gasteiger partial charge in [-0.1, -0.05) is 54.3 Å². The molecule has 0 amide bonds. The van der Waals surface area contributed by atoms with Crippen LogP contribution in [-0.4, -0.2) is 7.05 Å². The molecule has 0 bridgehead atoms. The standard InChI is InChI=1S/C21H25N/c1-21(2,3)14-7-5-6-9-17-12-13-18-10-8-11-19(16-22-4)20(18)15-17/h5-6,8,10-13,15,22H,9,16H2,1-4H3/b6-5+. The molecule has 0 spiro atoms. The summed E-state index contributed by atoms with van der Waals surface area (Å²) in [5, 5.41) is 5.87. The van der Waals surface area contributed by atoms with Crippen molar-refractivity contribution in [2.24, 2.45) is 5.41 Å². The molecule has 0 atom stereocenters. The van der Waals surface area contributed by atoms with Crippen molar-refractivity contribution in [1.29, 1.82) is 0 Å². The van der Waals surface area contributed by atoms with Crippen LogP contribution in [0.1, 0.15) is 31.9 Å². The van der Waals surface area contributed by atoms with E-state index in [1.807, 2.05) is 13.1 Å². The van der Waals surface area contributed by atoms with Gasteiger partial charge in [-0.2, -0.15) is 0 Å². The largest absolute Gasteiger partial charge is 0.316 e. The van der Waals surface area contributed by atoms with Gasteiger partial charge in [0.2, 0.25) is 0 Å². The highest BCUT2D eigenvalue weighted by Crippen LogP contribution is 2.21. The zero-order chi connectivity index (χ0) is 16.0. The Balaban J connectivity index is 2.17. The Morgan fingerprint density at radius 1 is 1.14 bits per heavy atom. The molecular formula is C21H25N. The lowest BCUT2D eigenvalue weighted by molar-refractivity contribution is 0.571. The van der Waals surface area contributed by atoms with Crippen molar-refractivity contribution < 1.29 is 0 Å². The molecule has 0 fully saturated rings. The van der Waals surface area contributed by atoms with Gasteiger partial charge in [0.15, 0.2) is 0 Å². The van der Waals surface area contributed by atoms with E-state index in [4.69, 9.17) is 0 Å². The van der Waals surface area contributed by atoms with Crippen molar-refractivity contribution >= 4 is 10.8 Å². The van der Waals surface area contributed by atoms with Gasteiger partial charge in [-0.05, 0) is 62.2 Å². The van der Waals surface area contributed by atoms with Crippen molar-refractivity contribution in [2.45, 2.75) is 33.7 Å². The van der Waals surface area contributed by atoms with Gasteiger partial charge in [0.1, 0.15) is 0 Å². The van der Waals surface area contributed by atoms with Crippen molar-refractivity contribution in [2.75, 3.05) is 7.05 Å². The lowest BCUT2D eigenvalue weighted by Crippen LogP contribution is -2.05. The predicted molar refractivity (Wildman–Crippen MR) is 96.8 cm³/mol. The molecule has 0 heterocycles. The molecule has 1 N–H and O–H groups in total. The van der Waals surface area contributed by atoms with E-state index in [0.717, 1.165) is 13.0 Å². The van der Waals surface area contributed by atoms with Gasteiger partial charge in [-0.15, -0.1) is 0 Å². The summed E-state index contributed by atoms with van der Waals surface area (Å²) in [6, 6.07) is 13.2. The van der Waals surface area contributed by atoms with Gasteiger partial charge < -0.3 is 5.32 Å². The number of fused-ring (bicyclic) bond motifs is 1. The zero-order valence-electron chi connectivity index (χ0n) is 14.0. The van der Waals surface area contributed by atoms with Crippen LogP contribution < -0.4 is 5.32 Å². The number of rotatable bonds is 4. The molecule has 0 aliphatic rings. The summed E-state index contributed by atoms with van der Waals surface area (Å²) in [7, 11) is 1.99. The van der Waals surface area contributed by atoms with Crippen LogP contribution in [0.25, 0.3) is 10.8 Å². The van der Waals surface area contributed by atoms with Crippen LogP contribution in [0.4, 0.5) is 0 Å². The predicted octanol–water partition coefficient (Wildman–Crippen LogP) is 4.71. The highest BCUT2D eigenvalue weighted by molar-refractivity contribution is 5.86. The first-order chi connectivity index (χ1) is 10.5. The summed E-state index contributed by atoms with van der Waals surface area (Å²) in [4.78, 5) is 0. The number of benzene rings is 2. The fourth-order valence-electron chi connectivity index (χ4n) is 2.37. The second-order valence-electron chi connectivity index (χ2n) is 6.63. The quantitative estimate of drug-likeness (QED) is 0.805. The molecule has 1 nitrogen and oxygen atoms in total. The minimum Gasteiger partial charge on any atom is -0.316 e. The maximum atomic E-state index is 3.24. The van der Waals surface area contributed by atoms with Gasteiger partial charge in [0.05, 0.1) is 0 Å². The summed E-state index contributed by atoms with van der Waals surface area (Å²) in [5.74, 6) is 6.34. The lowest BCUT2D eigenvalue weighted by Gasteiger charge is -2.07. The normalized spacial score (nSPS) is 11.6. The molecule has 0 saturated heterocycles. The zero-order valence-corrected chi connectivity index (χ0v) is 14.0. The first kappa shape index (κ1) is 16.3. The second kappa shape index (κ2) is 7.29. The maximum absolute atomic E-state index is 3.24. The summed E-state index contributed by atoms with van der Waals surface area (Å²) in [5.41, 5.74) is 2.73. The second-order valence-corrected chi connectivity index (χ2v) is 6.63. The van der Waals surface area contributed by atoms with Crippen molar-refractivity contribution in [3.8, 4) is 11.8 Å². The molecule has 2 aromatic rings. The van der Waals surface area contributed by atoms with Crippen LogP contribution in [0, 0.1) is 17.3 Å². The minimum atomic E-state index is 0.0648. The third kappa shape index (κ3) is 4.76. The van der Waals surface area contributed by atoms with E-state index in [-0.39, 0.29) is 5.41 Å². The van der Waals surface area contributed by atoms with Gasteiger partial charge >= 0.3 is 0 Å². The Kier molecular flexibility index (Phi) is 5.41. The minimum absolute atomic E-state index is 0.0648. The summed E-state index contributed by atoms with van der Waals surface area (Å²) < 4.78 is 0. The highest BCUT2D eigenvalue weighted by atomic mass is 14.8. The van der Waals surface area contributed by atoms with Gasteiger partial charge in [-0.3, -0.25) is 0 Å². The molecule has 2 aromatic carbocycles. The van der Waals surface area contributed by atoms with E-state index in [1.165, 1.54) is 21.9 Å². The molecule has 0 aliphatic carbocycles. The number of hydrogen-bond donors (Lipinski definition) is 1. The van der Waals surface area contributed by atoms with E-state index in [1.54, 1.807) is 0 Å². The van der Waals surface area contributed by atoms with Crippen LogP contribution in [0.15, 0.2) is 48.6 Å². The molecule has 114 valence electrons. The van der Waals surface area contributed by atoms with Crippen molar-refractivity contribution in [3.05, 3.63) is 59.7 Å².